The Morgan fingerprint density at radius 1 is 1.47 bits per heavy atom. The number of nitro groups is 1. The topological polar surface area (TPSA) is 97.2 Å². The smallest absolute Gasteiger partial charge is 0.288 e. The average molecular weight is 266 g/mol. The lowest BCUT2D eigenvalue weighted by atomic mass is 10.1. The highest BCUT2D eigenvalue weighted by atomic mass is 16.6. The largest absolute Gasteiger partial charge is 0.372 e. The molecular weight excluding hydrogens is 248 g/mol. The Morgan fingerprint density at radius 3 is 2.58 bits per heavy atom. The summed E-state index contributed by atoms with van der Waals surface area (Å²) in [6.07, 6.45) is 2.73. The number of nitrogens with one attached hydrogen (secondary N) is 2. The minimum atomic E-state index is -0.569. The third kappa shape index (κ3) is 3.64. The second kappa shape index (κ2) is 6.67. The summed E-state index contributed by atoms with van der Waals surface area (Å²) in [4.78, 5) is 26.2. The average Bonchev–Trinajstić information content (AvgIpc) is 2.43. The van der Waals surface area contributed by atoms with E-state index in [2.05, 4.69) is 15.6 Å². The van der Waals surface area contributed by atoms with Crippen LogP contribution in [-0.2, 0) is 0 Å². The molecule has 0 aliphatic rings. The van der Waals surface area contributed by atoms with Gasteiger partial charge >= 0.3 is 0 Å². The molecule has 0 saturated carbocycles. The van der Waals surface area contributed by atoms with Gasteiger partial charge in [0, 0.05) is 19.2 Å². The van der Waals surface area contributed by atoms with Gasteiger partial charge in [0.15, 0.2) is 0 Å². The molecule has 2 N–H and O–H groups in total. The normalized spacial score (nSPS) is 10.3. The van der Waals surface area contributed by atoms with Crippen molar-refractivity contribution < 1.29 is 9.72 Å². The molecule has 0 spiro atoms. The van der Waals surface area contributed by atoms with E-state index in [9.17, 15) is 14.9 Å². The Balaban J connectivity index is 3.05. The van der Waals surface area contributed by atoms with Crippen LogP contribution in [0.2, 0.25) is 0 Å². The molecule has 0 atom stereocenters. The molecule has 1 aromatic heterocycles. The van der Waals surface area contributed by atoms with Crippen LogP contribution in [0.1, 0.15) is 37.0 Å². The van der Waals surface area contributed by atoms with Crippen LogP contribution in [0, 0.1) is 10.1 Å². The third-order valence-corrected chi connectivity index (χ3v) is 2.89. The van der Waals surface area contributed by atoms with Gasteiger partial charge in [-0.05, 0) is 12.8 Å². The van der Waals surface area contributed by atoms with Crippen LogP contribution >= 0.6 is 0 Å². The summed E-state index contributed by atoms with van der Waals surface area (Å²) < 4.78 is 0. The second-order valence-electron chi connectivity index (χ2n) is 4.08. The van der Waals surface area contributed by atoms with Gasteiger partial charge in [0.2, 0.25) is 0 Å². The van der Waals surface area contributed by atoms with Gasteiger partial charge in [-0.3, -0.25) is 14.9 Å². The van der Waals surface area contributed by atoms with E-state index in [1.807, 2.05) is 13.8 Å². The molecule has 0 aromatic carbocycles. The lowest BCUT2D eigenvalue weighted by molar-refractivity contribution is -0.385. The number of anilines is 1. The van der Waals surface area contributed by atoms with E-state index >= 15 is 0 Å². The lowest BCUT2D eigenvalue weighted by Crippen LogP contribution is -2.34. The summed E-state index contributed by atoms with van der Waals surface area (Å²) in [6.45, 7) is 3.94. The SMILES string of the molecule is CCC(CC)NC(=O)c1cc([N+](=O)[O-])cnc1NC. The minimum Gasteiger partial charge on any atom is -0.372 e. The molecule has 0 bridgehead atoms. The number of rotatable bonds is 6. The number of amides is 1. The molecule has 0 unspecified atom stereocenters. The molecule has 1 rings (SSSR count). The van der Waals surface area contributed by atoms with Gasteiger partial charge in [-0.25, -0.2) is 4.98 Å². The summed E-state index contributed by atoms with van der Waals surface area (Å²) in [7, 11) is 1.61. The Labute approximate surface area is 111 Å². The van der Waals surface area contributed by atoms with E-state index in [1.165, 1.54) is 6.07 Å². The third-order valence-electron chi connectivity index (χ3n) is 2.89. The van der Waals surface area contributed by atoms with Crippen LogP contribution in [-0.4, -0.2) is 28.9 Å². The molecule has 7 nitrogen and oxygen atoms in total. The van der Waals surface area contributed by atoms with Gasteiger partial charge in [-0.15, -0.1) is 0 Å². The zero-order valence-electron chi connectivity index (χ0n) is 11.3. The monoisotopic (exact) mass is 266 g/mol. The highest BCUT2D eigenvalue weighted by Gasteiger charge is 2.19. The molecule has 0 aliphatic heterocycles. The van der Waals surface area contributed by atoms with E-state index in [0.717, 1.165) is 19.0 Å². The van der Waals surface area contributed by atoms with Crippen molar-refractivity contribution in [2.45, 2.75) is 32.7 Å². The van der Waals surface area contributed by atoms with Crippen LogP contribution < -0.4 is 10.6 Å². The maximum atomic E-state index is 12.1. The van der Waals surface area contributed by atoms with Crippen molar-refractivity contribution in [1.82, 2.24) is 10.3 Å². The number of hydrogen-bond donors (Lipinski definition) is 2. The maximum absolute atomic E-state index is 12.1. The standard InChI is InChI=1S/C12H18N4O3/c1-4-8(5-2)15-12(17)10-6-9(16(18)19)7-14-11(10)13-3/h6-8H,4-5H2,1-3H3,(H,13,14)(H,15,17). The fourth-order valence-corrected chi connectivity index (χ4v) is 1.68. The van der Waals surface area contributed by atoms with Crippen LogP contribution in [0.4, 0.5) is 11.5 Å². The van der Waals surface area contributed by atoms with Gasteiger partial charge in [0.05, 0.1) is 10.5 Å². The molecule has 19 heavy (non-hydrogen) atoms. The highest BCUT2D eigenvalue weighted by Crippen LogP contribution is 2.19. The molecule has 0 radical (unpaired) electrons. The first kappa shape index (κ1) is 14.9. The van der Waals surface area contributed by atoms with E-state index in [4.69, 9.17) is 0 Å². The molecule has 1 aromatic rings. The van der Waals surface area contributed by atoms with Crippen LogP contribution in [0.5, 0.6) is 0 Å². The Hall–Kier alpha value is -2.18. The number of aromatic nitrogens is 1. The Morgan fingerprint density at radius 2 is 2.11 bits per heavy atom. The molecule has 7 heteroatoms. The van der Waals surface area contributed by atoms with Crippen molar-refractivity contribution in [2.24, 2.45) is 0 Å². The first-order valence-corrected chi connectivity index (χ1v) is 6.16. The summed E-state index contributed by atoms with van der Waals surface area (Å²) in [5.74, 6) is -0.0247. The van der Waals surface area contributed by atoms with Crippen molar-refractivity contribution >= 4 is 17.4 Å². The minimum absolute atomic E-state index is 0.0523. The van der Waals surface area contributed by atoms with Crippen molar-refractivity contribution in [1.29, 1.82) is 0 Å². The molecule has 1 amide bonds. The van der Waals surface area contributed by atoms with Gasteiger partial charge in [0.25, 0.3) is 11.6 Å². The van der Waals surface area contributed by atoms with E-state index < -0.39 is 4.92 Å². The number of nitrogens with zero attached hydrogens (tertiary/aromatic N) is 2. The quantitative estimate of drug-likeness (QED) is 0.606. The highest BCUT2D eigenvalue weighted by molar-refractivity contribution is 5.99. The number of carbonyl (C=O) groups excluding carboxylic acids is 1. The summed E-state index contributed by atoms with van der Waals surface area (Å²) in [5, 5.41) is 16.3. The number of carbonyl (C=O) groups is 1. The lowest BCUT2D eigenvalue weighted by Gasteiger charge is -2.15. The van der Waals surface area contributed by atoms with Crippen molar-refractivity contribution in [2.75, 3.05) is 12.4 Å². The zero-order valence-corrected chi connectivity index (χ0v) is 11.3. The van der Waals surface area contributed by atoms with Gasteiger partial charge in [-0.1, -0.05) is 13.8 Å². The fraction of sp³-hybridized carbons (Fsp3) is 0.500. The molecule has 0 aliphatic carbocycles. The Bertz CT molecular complexity index is 472. The summed E-state index contributed by atoms with van der Waals surface area (Å²) in [5.41, 5.74) is -0.0164. The zero-order chi connectivity index (χ0) is 14.4. The molecule has 0 saturated heterocycles. The predicted molar refractivity (Wildman–Crippen MR) is 72.3 cm³/mol. The van der Waals surface area contributed by atoms with Crippen molar-refractivity contribution in [3.8, 4) is 0 Å². The van der Waals surface area contributed by atoms with Gasteiger partial charge in [-0.2, -0.15) is 0 Å². The van der Waals surface area contributed by atoms with Crippen molar-refractivity contribution in [3.63, 3.8) is 0 Å². The van der Waals surface area contributed by atoms with E-state index in [0.29, 0.717) is 5.82 Å². The molecule has 1 heterocycles. The molecular formula is C12H18N4O3. The van der Waals surface area contributed by atoms with Gasteiger partial charge in [0.1, 0.15) is 12.0 Å². The van der Waals surface area contributed by atoms with Crippen LogP contribution in [0.25, 0.3) is 0 Å². The Kier molecular flexibility index (Phi) is 5.23. The summed E-state index contributed by atoms with van der Waals surface area (Å²) >= 11 is 0. The van der Waals surface area contributed by atoms with E-state index in [-0.39, 0.29) is 23.2 Å². The maximum Gasteiger partial charge on any atom is 0.288 e. The number of hydrogen-bond acceptors (Lipinski definition) is 5. The second-order valence-corrected chi connectivity index (χ2v) is 4.08. The summed E-state index contributed by atoms with van der Waals surface area (Å²) in [6, 6.07) is 1.28. The molecule has 104 valence electrons. The molecule has 0 fully saturated rings. The first-order valence-electron chi connectivity index (χ1n) is 6.16. The first-order chi connectivity index (χ1) is 9.03. The van der Waals surface area contributed by atoms with Gasteiger partial charge < -0.3 is 10.6 Å². The van der Waals surface area contributed by atoms with Crippen LogP contribution in [0.3, 0.4) is 0 Å². The number of pyridine rings is 1. The fourth-order valence-electron chi connectivity index (χ4n) is 1.68. The van der Waals surface area contributed by atoms with Crippen molar-refractivity contribution in [3.05, 3.63) is 27.9 Å². The predicted octanol–water partition coefficient (Wildman–Crippen LogP) is 1.95. The van der Waals surface area contributed by atoms with Crippen LogP contribution in [0.15, 0.2) is 12.3 Å². The van der Waals surface area contributed by atoms with E-state index in [1.54, 1.807) is 7.05 Å².